The minimum absolute atomic E-state index is 0.450. The maximum absolute atomic E-state index is 5.57. The zero-order valence-electron chi connectivity index (χ0n) is 8.06. The molecular weight excluding hydrogens is 182 g/mol. The monoisotopic (exact) mass is 193 g/mol. The van der Waals surface area contributed by atoms with Crippen molar-refractivity contribution >= 4 is 5.82 Å². The summed E-state index contributed by atoms with van der Waals surface area (Å²) in [7, 11) is 0. The van der Waals surface area contributed by atoms with Crippen molar-refractivity contribution in [2.24, 2.45) is 0 Å². The summed E-state index contributed by atoms with van der Waals surface area (Å²) in [5.41, 5.74) is 7.25. The molecule has 2 aromatic heterocycles. The molecule has 2 N–H and O–H groups in total. The van der Waals surface area contributed by atoms with Gasteiger partial charge in [-0.1, -0.05) is 5.21 Å². The third-order valence-corrected chi connectivity index (χ3v) is 2.16. The molecule has 0 aliphatic heterocycles. The summed E-state index contributed by atoms with van der Waals surface area (Å²) in [6.07, 6.45) is 1.42. The average Bonchev–Trinajstić information content (AvgIpc) is 2.68. The lowest BCUT2D eigenvalue weighted by Gasteiger charge is -1.99. The number of nitrogen functional groups attached to an aromatic ring is 1. The average molecular weight is 193 g/mol. The molecule has 0 saturated heterocycles. The van der Waals surface area contributed by atoms with Crippen LogP contribution in [-0.4, -0.2) is 20.0 Å². The Hall–Kier alpha value is -1.85. The number of hydrogen-bond donors (Lipinski definition) is 1. The molecule has 6 nitrogen and oxygen atoms in total. The third-order valence-electron chi connectivity index (χ3n) is 2.16. The lowest BCUT2D eigenvalue weighted by molar-refractivity contribution is 0.520. The fourth-order valence-electron chi connectivity index (χ4n) is 1.15. The van der Waals surface area contributed by atoms with E-state index in [1.807, 2.05) is 13.8 Å². The van der Waals surface area contributed by atoms with E-state index in [2.05, 4.69) is 15.3 Å². The molecule has 2 heterocycles. The second kappa shape index (κ2) is 3.13. The van der Waals surface area contributed by atoms with Gasteiger partial charge in [0.1, 0.15) is 11.5 Å². The first-order chi connectivity index (χ1) is 6.68. The van der Waals surface area contributed by atoms with Gasteiger partial charge in [0.05, 0.1) is 12.2 Å². The van der Waals surface area contributed by atoms with Gasteiger partial charge in [0.2, 0.25) is 0 Å². The Morgan fingerprint density at radius 3 is 2.79 bits per heavy atom. The lowest BCUT2D eigenvalue weighted by atomic mass is 10.3. The zero-order valence-corrected chi connectivity index (χ0v) is 8.06. The van der Waals surface area contributed by atoms with E-state index in [0.29, 0.717) is 12.4 Å². The molecule has 0 fully saturated rings. The molecule has 0 radical (unpaired) electrons. The normalized spacial score (nSPS) is 10.7. The van der Waals surface area contributed by atoms with Crippen LogP contribution in [-0.2, 0) is 6.54 Å². The number of hydrogen-bond acceptors (Lipinski definition) is 5. The van der Waals surface area contributed by atoms with Crippen LogP contribution in [0.3, 0.4) is 0 Å². The first kappa shape index (κ1) is 8.74. The van der Waals surface area contributed by atoms with Crippen LogP contribution in [0.15, 0.2) is 10.8 Å². The van der Waals surface area contributed by atoms with Crippen molar-refractivity contribution < 1.29 is 4.42 Å². The van der Waals surface area contributed by atoms with Gasteiger partial charge in [-0.25, -0.2) is 9.67 Å². The molecule has 6 heteroatoms. The Bertz CT molecular complexity index is 444. The van der Waals surface area contributed by atoms with Crippen LogP contribution >= 0.6 is 0 Å². The van der Waals surface area contributed by atoms with Gasteiger partial charge < -0.3 is 10.2 Å². The Labute approximate surface area is 80.7 Å². The van der Waals surface area contributed by atoms with Crippen LogP contribution in [0, 0.1) is 13.8 Å². The Balaban J connectivity index is 2.27. The molecule has 0 bridgehead atoms. The topological polar surface area (TPSA) is 82.8 Å². The van der Waals surface area contributed by atoms with Gasteiger partial charge in [0.25, 0.3) is 0 Å². The number of nitrogens with two attached hydrogens (primary N) is 1. The van der Waals surface area contributed by atoms with Gasteiger partial charge in [0.15, 0.2) is 12.2 Å². The molecule has 0 saturated carbocycles. The van der Waals surface area contributed by atoms with Crippen molar-refractivity contribution in [2.45, 2.75) is 20.4 Å². The fraction of sp³-hybridized carbons (Fsp3) is 0.375. The number of aryl methyl sites for hydroxylation is 1. The highest BCUT2D eigenvalue weighted by atomic mass is 16.3. The maximum atomic E-state index is 5.57. The van der Waals surface area contributed by atoms with Gasteiger partial charge in [-0.2, -0.15) is 0 Å². The van der Waals surface area contributed by atoms with Crippen LogP contribution in [0.2, 0.25) is 0 Å². The Morgan fingerprint density at radius 1 is 1.50 bits per heavy atom. The van der Waals surface area contributed by atoms with Gasteiger partial charge in [-0.3, -0.25) is 0 Å². The molecular formula is C8H11N5O. The maximum Gasteiger partial charge on any atom is 0.181 e. The molecule has 14 heavy (non-hydrogen) atoms. The molecule has 0 atom stereocenters. The minimum atomic E-state index is 0.450. The summed E-state index contributed by atoms with van der Waals surface area (Å²) in [6.45, 7) is 4.26. The molecule has 2 aromatic rings. The molecule has 0 unspecified atom stereocenters. The summed E-state index contributed by atoms with van der Waals surface area (Å²) in [6, 6.07) is 0. The van der Waals surface area contributed by atoms with E-state index >= 15 is 0 Å². The number of rotatable bonds is 2. The second-order valence-electron chi connectivity index (χ2n) is 3.07. The molecule has 0 spiro atoms. The van der Waals surface area contributed by atoms with Crippen molar-refractivity contribution in [1.82, 2.24) is 20.0 Å². The minimum Gasteiger partial charge on any atom is -0.448 e. The van der Waals surface area contributed by atoms with Gasteiger partial charge >= 0.3 is 0 Å². The van der Waals surface area contributed by atoms with E-state index in [1.165, 1.54) is 6.39 Å². The van der Waals surface area contributed by atoms with Crippen LogP contribution in [0.5, 0.6) is 0 Å². The Morgan fingerprint density at radius 2 is 2.29 bits per heavy atom. The highest BCUT2D eigenvalue weighted by Gasteiger charge is 2.09. The van der Waals surface area contributed by atoms with E-state index in [9.17, 15) is 0 Å². The predicted octanol–water partition coefficient (Wildman–Crippen LogP) is 0.513. The summed E-state index contributed by atoms with van der Waals surface area (Å²) in [5.74, 6) is 1.24. The predicted molar refractivity (Wildman–Crippen MR) is 49.5 cm³/mol. The zero-order chi connectivity index (χ0) is 10.1. The van der Waals surface area contributed by atoms with E-state index < -0.39 is 0 Å². The van der Waals surface area contributed by atoms with E-state index in [0.717, 1.165) is 17.1 Å². The van der Waals surface area contributed by atoms with Crippen molar-refractivity contribution in [2.75, 3.05) is 5.73 Å². The van der Waals surface area contributed by atoms with Crippen LogP contribution < -0.4 is 5.73 Å². The van der Waals surface area contributed by atoms with E-state index in [4.69, 9.17) is 10.2 Å². The molecule has 0 amide bonds. The van der Waals surface area contributed by atoms with Crippen molar-refractivity contribution in [3.05, 3.63) is 23.5 Å². The largest absolute Gasteiger partial charge is 0.448 e. The Kier molecular flexibility index (Phi) is 1.95. The molecule has 74 valence electrons. The number of anilines is 1. The molecule has 2 rings (SSSR count). The standard InChI is InChI=1S/C8H11N5O/c1-5-8(9)11-12-13(5)3-7-6(2)14-4-10-7/h4H,3,9H2,1-2H3. The van der Waals surface area contributed by atoms with Gasteiger partial charge in [0, 0.05) is 0 Å². The van der Waals surface area contributed by atoms with Gasteiger partial charge in [-0.05, 0) is 13.8 Å². The molecule has 0 aliphatic rings. The summed E-state index contributed by atoms with van der Waals surface area (Å²) < 4.78 is 6.77. The summed E-state index contributed by atoms with van der Waals surface area (Å²) in [5, 5.41) is 7.65. The second-order valence-corrected chi connectivity index (χ2v) is 3.07. The van der Waals surface area contributed by atoms with Crippen molar-refractivity contribution in [3.8, 4) is 0 Å². The van der Waals surface area contributed by atoms with Crippen LogP contribution in [0.25, 0.3) is 0 Å². The lowest BCUT2D eigenvalue weighted by Crippen LogP contribution is -2.05. The molecule has 0 aromatic carbocycles. The number of oxazole rings is 1. The van der Waals surface area contributed by atoms with Gasteiger partial charge in [-0.15, -0.1) is 5.10 Å². The van der Waals surface area contributed by atoms with Crippen molar-refractivity contribution in [3.63, 3.8) is 0 Å². The highest BCUT2D eigenvalue weighted by molar-refractivity contribution is 5.31. The molecule has 0 aliphatic carbocycles. The quantitative estimate of drug-likeness (QED) is 0.751. The fourth-order valence-corrected chi connectivity index (χ4v) is 1.15. The smallest absolute Gasteiger partial charge is 0.181 e. The van der Waals surface area contributed by atoms with Crippen LogP contribution in [0.4, 0.5) is 5.82 Å². The first-order valence-corrected chi connectivity index (χ1v) is 4.23. The summed E-state index contributed by atoms with van der Waals surface area (Å²) in [4.78, 5) is 4.07. The SMILES string of the molecule is Cc1ocnc1Cn1nnc(N)c1C. The highest BCUT2D eigenvalue weighted by Crippen LogP contribution is 2.10. The number of nitrogens with zero attached hydrogens (tertiary/aromatic N) is 4. The first-order valence-electron chi connectivity index (χ1n) is 4.23. The van der Waals surface area contributed by atoms with Crippen LogP contribution in [0.1, 0.15) is 17.1 Å². The van der Waals surface area contributed by atoms with Crippen molar-refractivity contribution in [1.29, 1.82) is 0 Å². The summed E-state index contributed by atoms with van der Waals surface area (Å²) >= 11 is 0. The van der Waals surface area contributed by atoms with E-state index in [1.54, 1.807) is 4.68 Å². The van der Waals surface area contributed by atoms with E-state index in [-0.39, 0.29) is 0 Å². The third kappa shape index (κ3) is 1.34. The number of aromatic nitrogens is 4.